The number of methoxy groups -OCH3 is 2. The van der Waals surface area contributed by atoms with E-state index in [1.807, 2.05) is 0 Å². The third-order valence-electron chi connectivity index (χ3n) is 1.68. The largest absolute Gasteiger partial charge is 0.481 e. The lowest BCUT2D eigenvalue weighted by molar-refractivity contribution is -0.110. The Morgan fingerprint density at radius 3 is 2.67 bits per heavy atom. The zero-order valence-corrected chi connectivity index (χ0v) is 9.63. The van der Waals surface area contributed by atoms with Gasteiger partial charge in [-0.15, -0.1) is 0 Å². The SMILES string of the molecule is COc1cc(CC(=O)SC)nc(OC)n1. The fraction of sp³-hybridized carbons (Fsp3) is 0.444. The van der Waals surface area contributed by atoms with Crippen molar-refractivity contribution >= 4 is 16.9 Å². The van der Waals surface area contributed by atoms with Crippen molar-refractivity contribution in [3.05, 3.63) is 11.8 Å². The maximum Gasteiger partial charge on any atom is 0.319 e. The second-order valence-electron chi connectivity index (χ2n) is 2.64. The highest BCUT2D eigenvalue weighted by molar-refractivity contribution is 8.13. The van der Waals surface area contributed by atoms with Crippen molar-refractivity contribution in [3.63, 3.8) is 0 Å². The molecule has 1 aromatic rings. The van der Waals surface area contributed by atoms with Gasteiger partial charge >= 0.3 is 6.01 Å². The van der Waals surface area contributed by atoms with Gasteiger partial charge in [0.05, 0.1) is 26.3 Å². The molecule has 0 atom stereocenters. The second kappa shape index (κ2) is 5.55. The Bertz CT molecular complexity index is 335. The van der Waals surface area contributed by atoms with Crippen LogP contribution in [0.1, 0.15) is 5.69 Å². The van der Waals surface area contributed by atoms with Crippen molar-refractivity contribution in [2.75, 3.05) is 20.5 Å². The molecule has 0 aliphatic carbocycles. The van der Waals surface area contributed by atoms with Crippen molar-refractivity contribution in [1.82, 2.24) is 9.97 Å². The molecule has 0 bridgehead atoms. The number of carbonyl (C=O) groups excluding carboxylic acids is 1. The van der Waals surface area contributed by atoms with E-state index in [0.29, 0.717) is 11.6 Å². The predicted octanol–water partition coefficient (Wildman–Crippen LogP) is 0.926. The molecular formula is C9H12N2O3S. The van der Waals surface area contributed by atoms with E-state index < -0.39 is 0 Å². The Labute approximate surface area is 92.2 Å². The standard InChI is InChI=1S/C9H12N2O3S/c1-13-7-4-6(5-8(12)15-3)10-9(11-7)14-2/h4H,5H2,1-3H3. The van der Waals surface area contributed by atoms with Gasteiger partial charge in [0.1, 0.15) is 0 Å². The van der Waals surface area contributed by atoms with Gasteiger partial charge in [-0.3, -0.25) is 4.79 Å². The van der Waals surface area contributed by atoms with Crippen LogP contribution < -0.4 is 9.47 Å². The zero-order chi connectivity index (χ0) is 11.3. The molecule has 0 N–H and O–H groups in total. The van der Waals surface area contributed by atoms with Gasteiger partial charge in [0.15, 0.2) is 5.12 Å². The van der Waals surface area contributed by atoms with Gasteiger partial charge in [-0.05, 0) is 6.26 Å². The highest BCUT2D eigenvalue weighted by Crippen LogP contribution is 2.15. The summed E-state index contributed by atoms with van der Waals surface area (Å²) in [5, 5.41) is 0.0396. The van der Waals surface area contributed by atoms with Gasteiger partial charge in [0.2, 0.25) is 5.88 Å². The number of nitrogens with zero attached hydrogens (tertiary/aromatic N) is 2. The Morgan fingerprint density at radius 1 is 1.40 bits per heavy atom. The van der Waals surface area contributed by atoms with Crippen molar-refractivity contribution in [3.8, 4) is 11.9 Å². The maximum atomic E-state index is 11.2. The zero-order valence-electron chi connectivity index (χ0n) is 8.81. The van der Waals surface area contributed by atoms with Crippen LogP contribution in [0.25, 0.3) is 0 Å². The van der Waals surface area contributed by atoms with Crippen LogP contribution in [-0.4, -0.2) is 35.6 Å². The van der Waals surface area contributed by atoms with Crippen LogP contribution in [0.4, 0.5) is 0 Å². The monoisotopic (exact) mass is 228 g/mol. The van der Waals surface area contributed by atoms with E-state index in [4.69, 9.17) is 9.47 Å². The fourth-order valence-corrected chi connectivity index (χ4v) is 1.25. The van der Waals surface area contributed by atoms with Gasteiger partial charge in [0, 0.05) is 6.07 Å². The maximum absolute atomic E-state index is 11.2. The smallest absolute Gasteiger partial charge is 0.319 e. The number of hydrogen-bond donors (Lipinski definition) is 0. The van der Waals surface area contributed by atoms with Crippen LogP contribution in [0.2, 0.25) is 0 Å². The molecule has 0 aliphatic heterocycles. The quantitative estimate of drug-likeness (QED) is 0.764. The predicted molar refractivity (Wildman–Crippen MR) is 57.4 cm³/mol. The summed E-state index contributed by atoms with van der Waals surface area (Å²) in [5.41, 5.74) is 0.595. The fourth-order valence-electron chi connectivity index (χ4n) is 0.956. The minimum absolute atomic E-state index is 0.0396. The topological polar surface area (TPSA) is 61.3 Å². The molecule has 1 aromatic heterocycles. The number of carbonyl (C=O) groups is 1. The number of ether oxygens (including phenoxy) is 2. The molecule has 0 amide bonds. The first-order chi connectivity index (χ1) is 7.19. The van der Waals surface area contributed by atoms with E-state index in [1.54, 1.807) is 12.3 Å². The summed E-state index contributed by atoms with van der Waals surface area (Å²) in [6, 6.07) is 1.83. The molecule has 0 unspecified atom stereocenters. The summed E-state index contributed by atoms with van der Waals surface area (Å²) in [7, 11) is 2.97. The van der Waals surface area contributed by atoms with Crippen LogP contribution in [-0.2, 0) is 11.2 Å². The van der Waals surface area contributed by atoms with E-state index >= 15 is 0 Å². The van der Waals surface area contributed by atoms with Crippen LogP contribution >= 0.6 is 11.8 Å². The van der Waals surface area contributed by atoms with Crippen LogP contribution in [0.5, 0.6) is 11.9 Å². The highest BCUT2D eigenvalue weighted by atomic mass is 32.2. The summed E-state index contributed by atoms with van der Waals surface area (Å²) < 4.78 is 9.86. The molecule has 0 radical (unpaired) electrons. The molecular weight excluding hydrogens is 216 g/mol. The molecule has 1 heterocycles. The van der Waals surface area contributed by atoms with Crippen LogP contribution in [0, 0.1) is 0 Å². The summed E-state index contributed by atoms with van der Waals surface area (Å²) in [5.74, 6) is 0.394. The third-order valence-corrected chi connectivity index (χ3v) is 2.28. The van der Waals surface area contributed by atoms with Crippen LogP contribution in [0.3, 0.4) is 0 Å². The molecule has 0 aliphatic rings. The Kier molecular flexibility index (Phi) is 4.36. The lowest BCUT2D eigenvalue weighted by Crippen LogP contribution is -2.03. The average Bonchev–Trinajstić information content (AvgIpc) is 2.28. The molecule has 1 rings (SSSR count). The van der Waals surface area contributed by atoms with E-state index in [9.17, 15) is 4.79 Å². The Balaban J connectivity index is 2.91. The Morgan fingerprint density at radius 2 is 2.13 bits per heavy atom. The molecule has 0 saturated carbocycles. The van der Waals surface area contributed by atoms with E-state index in [0.717, 1.165) is 0 Å². The molecule has 6 heteroatoms. The normalized spacial score (nSPS) is 9.80. The molecule has 0 saturated heterocycles. The number of aromatic nitrogens is 2. The van der Waals surface area contributed by atoms with E-state index in [2.05, 4.69) is 9.97 Å². The van der Waals surface area contributed by atoms with Crippen molar-refractivity contribution < 1.29 is 14.3 Å². The van der Waals surface area contributed by atoms with Gasteiger partial charge in [-0.1, -0.05) is 11.8 Å². The summed E-state index contributed by atoms with van der Waals surface area (Å²) in [6.07, 6.45) is 1.98. The van der Waals surface area contributed by atoms with E-state index in [1.165, 1.54) is 26.0 Å². The second-order valence-corrected chi connectivity index (χ2v) is 3.50. The van der Waals surface area contributed by atoms with Crippen molar-refractivity contribution in [2.45, 2.75) is 6.42 Å². The number of rotatable bonds is 4. The third kappa shape index (κ3) is 3.39. The Hall–Kier alpha value is -1.30. The van der Waals surface area contributed by atoms with Crippen molar-refractivity contribution in [1.29, 1.82) is 0 Å². The minimum Gasteiger partial charge on any atom is -0.481 e. The molecule has 82 valence electrons. The van der Waals surface area contributed by atoms with Crippen LogP contribution in [0.15, 0.2) is 6.07 Å². The minimum atomic E-state index is 0.0396. The summed E-state index contributed by atoms with van der Waals surface area (Å²) in [4.78, 5) is 19.2. The summed E-state index contributed by atoms with van der Waals surface area (Å²) >= 11 is 1.17. The number of thioether (sulfide) groups is 1. The van der Waals surface area contributed by atoms with Gasteiger partial charge in [-0.2, -0.15) is 9.97 Å². The molecule has 5 nitrogen and oxygen atoms in total. The lowest BCUT2D eigenvalue weighted by Gasteiger charge is -2.04. The molecule has 0 fully saturated rings. The van der Waals surface area contributed by atoms with Gasteiger partial charge < -0.3 is 9.47 Å². The first-order valence-electron chi connectivity index (χ1n) is 4.22. The molecule has 0 aromatic carbocycles. The van der Waals surface area contributed by atoms with Crippen molar-refractivity contribution in [2.24, 2.45) is 0 Å². The first kappa shape index (κ1) is 11.8. The highest BCUT2D eigenvalue weighted by Gasteiger charge is 2.08. The average molecular weight is 228 g/mol. The van der Waals surface area contributed by atoms with Gasteiger partial charge in [-0.25, -0.2) is 0 Å². The van der Waals surface area contributed by atoms with E-state index in [-0.39, 0.29) is 17.5 Å². The number of hydrogen-bond acceptors (Lipinski definition) is 6. The first-order valence-corrected chi connectivity index (χ1v) is 5.44. The summed E-state index contributed by atoms with van der Waals surface area (Å²) in [6.45, 7) is 0. The lowest BCUT2D eigenvalue weighted by atomic mass is 10.3. The van der Waals surface area contributed by atoms with Gasteiger partial charge in [0.25, 0.3) is 0 Å². The molecule has 0 spiro atoms. The molecule has 15 heavy (non-hydrogen) atoms.